The van der Waals surface area contributed by atoms with Crippen LogP contribution < -0.4 is 9.64 Å². The van der Waals surface area contributed by atoms with E-state index in [-0.39, 0.29) is 5.92 Å². The van der Waals surface area contributed by atoms with E-state index in [1.807, 2.05) is 18.5 Å². The maximum Gasteiger partial charge on any atom is 0.197 e. The van der Waals surface area contributed by atoms with Gasteiger partial charge in [-0.2, -0.15) is 10.2 Å². The summed E-state index contributed by atoms with van der Waals surface area (Å²) in [6, 6.07) is 2.44. The number of piperazine rings is 1. The Labute approximate surface area is 210 Å². The standard InChI is InChI=1S/C25H34N8OS/c1-15(2)11-31-7-8-32(17(5)12-31)20-10-26-25(35-20)23-21(16(3)4)22(29-30-23)18-9-19(34-6)24-27-14-28-33(24)13-18/h9-10,13-17H,7-8,11-12H2,1-6H3,(H,29,30). The number of H-pyrrole nitrogens is 1. The van der Waals surface area contributed by atoms with E-state index in [2.05, 4.69) is 59.6 Å². The second-order valence-electron chi connectivity index (χ2n) is 10.0. The molecule has 1 fully saturated rings. The van der Waals surface area contributed by atoms with Crippen LogP contribution in [0.5, 0.6) is 5.75 Å². The molecular formula is C25H34N8OS. The molecule has 5 heterocycles. The Morgan fingerprint density at radius 3 is 2.74 bits per heavy atom. The number of aromatic nitrogens is 6. The molecule has 9 nitrogen and oxygen atoms in total. The van der Waals surface area contributed by atoms with Crippen molar-refractivity contribution < 1.29 is 4.74 Å². The third-order valence-electron chi connectivity index (χ3n) is 6.55. The highest BCUT2D eigenvalue weighted by Gasteiger charge is 2.27. The Balaban J connectivity index is 1.46. The number of anilines is 1. The van der Waals surface area contributed by atoms with Crippen LogP contribution in [0.2, 0.25) is 0 Å². The predicted octanol–water partition coefficient (Wildman–Crippen LogP) is 4.54. The fourth-order valence-electron chi connectivity index (χ4n) is 5.03. The molecule has 0 saturated carbocycles. The highest BCUT2D eigenvalue weighted by Crippen LogP contribution is 2.40. The van der Waals surface area contributed by atoms with Crippen molar-refractivity contribution in [3.63, 3.8) is 0 Å². The van der Waals surface area contributed by atoms with Crippen molar-refractivity contribution in [3.05, 3.63) is 30.4 Å². The number of methoxy groups -OCH3 is 1. The van der Waals surface area contributed by atoms with Crippen LogP contribution in [0, 0.1) is 5.92 Å². The summed E-state index contributed by atoms with van der Waals surface area (Å²) in [6.07, 6.45) is 5.50. The number of fused-ring (bicyclic) bond motifs is 1. The minimum Gasteiger partial charge on any atom is -0.493 e. The van der Waals surface area contributed by atoms with Gasteiger partial charge in [0.05, 0.1) is 19.0 Å². The summed E-state index contributed by atoms with van der Waals surface area (Å²) in [5, 5.41) is 14.5. The lowest BCUT2D eigenvalue weighted by Crippen LogP contribution is -2.52. The maximum absolute atomic E-state index is 5.57. The van der Waals surface area contributed by atoms with Crippen molar-refractivity contribution in [2.75, 3.05) is 38.2 Å². The van der Waals surface area contributed by atoms with Gasteiger partial charge in [-0.1, -0.05) is 39.0 Å². The van der Waals surface area contributed by atoms with Crippen molar-refractivity contribution in [1.82, 2.24) is 34.7 Å². The minimum atomic E-state index is 0.252. The maximum atomic E-state index is 5.57. The molecule has 0 bridgehead atoms. The van der Waals surface area contributed by atoms with Crippen molar-refractivity contribution >= 4 is 22.0 Å². The fourth-order valence-corrected chi connectivity index (χ4v) is 6.08. The number of rotatable bonds is 7. The second-order valence-corrected chi connectivity index (χ2v) is 11.0. The van der Waals surface area contributed by atoms with Crippen molar-refractivity contribution in [3.8, 4) is 27.7 Å². The number of pyridine rings is 1. The van der Waals surface area contributed by atoms with Crippen LogP contribution in [-0.2, 0) is 0 Å². The van der Waals surface area contributed by atoms with Crippen LogP contribution >= 0.6 is 11.3 Å². The Morgan fingerprint density at radius 1 is 1.20 bits per heavy atom. The third-order valence-corrected chi connectivity index (χ3v) is 7.59. The van der Waals surface area contributed by atoms with Gasteiger partial charge >= 0.3 is 0 Å². The lowest BCUT2D eigenvalue weighted by atomic mass is 9.97. The van der Waals surface area contributed by atoms with Crippen molar-refractivity contribution in [2.45, 2.75) is 46.6 Å². The molecular weight excluding hydrogens is 460 g/mol. The highest BCUT2D eigenvalue weighted by molar-refractivity contribution is 7.18. The van der Waals surface area contributed by atoms with Gasteiger partial charge in [-0.05, 0) is 24.8 Å². The van der Waals surface area contributed by atoms with Crippen LogP contribution in [0.4, 0.5) is 5.00 Å². The average Bonchev–Trinajstić information content (AvgIpc) is 3.56. The van der Waals surface area contributed by atoms with E-state index in [1.165, 1.54) is 11.3 Å². The zero-order valence-electron chi connectivity index (χ0n) is 21.3. The number of nitrogens with zero attached hydrogens (tertiary/aromatic N) is 7. The molecule has 1 N–H and O–H groups in total. The zero-order chi connectivity index (χ0) is 24.7. The Bertz CT molecular complexity index is 1310. The van der Waals surface area contributed by atoms with Crippen LogP contribution in [0.15, 0.2) is 24.8 Å². The molecule has 1 saturated heterocycles. The predicted molar refractivity (Wildman–Crippen MR) is 140 cm³/mol. The summed E-state index contributed by atoms with van der Waals surface area (Å²) in [5.41, 5.74) is 4.65. The number of nitrogens with one attached hydrogen (secondary N) is 1. The highest BCUT2D eigenvalue weighted by atomic mass is 32.1. The number of hydrogen-bond donors (Lipinski definition) is 1. The fraction of sp³-hybridized carbons (Fsp3) is 0.520. The average molecular weight is 495 g/mol. The molecule has 1 aliphatic rings. The van der Waals surface area contributed by atoms with Crippen LogP contribution in [-0.4, -0.2) is 74.0 Å². The summed E-state index contributed by atoms with van der Waals surface area (Å²) in [7, 11) is 1.65. The molecule has 0 spiro atoms. The van der Waals surface area contributed by atoms with Gasteiger partial charge in [0.15, 0.2) is 11.4 Å². The van der Waals surface area contributed by atoms with E-state index in [9.17, 15) is 0 Å². The first-order chi connectivity index (χ1) is 16.9. The molecule has 4 aromatic rings. The number of ether oxygens (including phenoxy) is 1. The number of aromatic amines is 1. The van der Waals surface area contributed by atoms with Crippen LogP contribution in [0.1, 0.15) is 46.1 Å². The molecule has 4 aromatic heterocycles. The van der Waals surface area contributed by atoms with Gasteiger partial charge in [0.1, 0.15) is 22.0 Å². The normalized spacial score (nSPS) is 17.3. The lowest BCUT2D eigenvalue weighted by Gasteiger charge is -2.40. The summed E-state index contributed by atoms with van der Waals surface area (Å²) >= 11 is 1.72. The third kappa shape index (κ3) is 4.52. The molecule has 10 heteroatoms. The van der Waals surface area contributed by atoms with Crippen LogP contribution in [0.25, 0.3) is 27.6 Å². The van der Waals surface area contributed by atoms with Crippen LogP contribution in [0.3, 0.4) is 0 Å². The van der Waals surface area contributed by atoms with Gasteiger partial charge in [0, 0.05) is 49.5 Å². The van der Waals surface area contributed by atoms with E-state index in [4.69, 9.17) is 14.8 Å². The van der Waals surface area contributed by atoms with Gasteiger partial charge in [0.25, 0.3) is 0 Å². The van der Waals surface area contributed by atoms with Crippen molar-refractivity contribution in [1.29, 1.82) is 0 Å². The van der Waals surface area contributed by atoms with Crippen molar-refractivity contribution in [2.24, 2.45) is 5.92 Å². The van der Waals surface area contributed by atoms with Gasteiger partial charge in [-0.3, -0.25) is 10.00 Å². The van der Waals surface area contributed by atoms with E-state index in [1.54, 1.807) is 23.0 Å². The minimum absolute atomic E-state index is 0.252. The van der Waals surface area contributed by atoms with Gasteiger partial charge < -0.3 is 9.64 Å². The molecule has 0 radical (unpaired) electrons. The Morgan fingerprint density at radius 2 is 2.03 bits per heavy atom. The summed E-state index contributed by atoms with van der Waals surface area (Å²) in [4.78, 5) is 14.2. The number of thiazole rings is 1. The molecule has 0 aliphatic carbocycles. The summed E-state index contributed by atoms with van der Waals surface area (Å²) in [5.74, 6) is 1.62. The summed E-state index contributed by atoms with van der Waals surface area (Å²) < 4.78 is 7.31. The first kappa shape index (κ1) is 23.7. The Kier molecular flexibility index (Phi) is 6.50. The lowest BCUT2D eigenvalue weighted by molar-refractivity contribution is 0.207. The molecule has 0 amide bonds. The second kappa shape index (κ2) is 9.58. The van der Waals surface area contributed by atoms with E-state index < -0.39 is 0 Å². The van der Waals surface area contributed by atoms with E-state index in [0.717, 1.165) is 53.7 Å². The summed E-state index contributed by atoms with van der Waals surface area (Å²) in [6.45, 7) is 15.6. The van der Waals surface area contributed by atoms with Gasteiger partial charge in [-0.15, -0.1) is 0 Å². The first-order valence-electron chi connectivity index (χ1n) is 12.3. The molecule has 1 atom stereocenters. The zero-order valence-corrected chi connectivity index (χ0v) is 22.1. The molecule has 1 aliphatic heterocycles. The topological polar surface area (TPSA) is 87.5 Å². The largest absolute Gasteiger partial charge is 0.493 e. The molecule has 5 rings (SSSR count). The Hall–Kier alpha value is -2.98. The van der Waals surface area contributed by atoms with Gasteiger partial charge in [-0.25, -0.2) is 14.5 Å². The van der Waals surface area contributed by atoms with Gasteiger partial charge in [0.2, 0.25) is 0 Å². The monoisotopic (exact) mass is 494 g/mol. The first-order valence-corrected chi connectivity index (χ1v) is 13.1. The SMILES string of the molecule is COc1cc(-c2[nH]nc(-c3ncc(N4CCN(CC(C)C)CC4C)s3)c2C(C)C)cn2ncnc12. The van der Waals surface area contributed by atoms with E-state index in [0.29, 0.717) is 23.4 Å². The molecule has 186 valence electrons. The molecule has 35 heavy (non-hydrogen) atoms. The quantitative estimate of drug-likeness (QED) is 0.403. The van der Waals surface area contributed by atoms with E-state index >= 15 is 0 Å². The number of hydrogen-bond acceptors (Lipinski definition) is 8. The smallest absolute Gasteiger partial charge is 0.197 e. The molecule has 1 unspecified atom stereocenters. The molecule has 0 aromatic carbocycles.